The highest BCUT2D eigenvalue weighted by Crippen LogP contribution is 2.32. The molecular weight excluding hydrogens is 234 g/mol. The summed E-state index contributed by atoms with van der Waals surface area (Å²) in [6.45, 7) is 6.79. The fraction of sp³-hybridized carbons (Fsp3) is 0.353. The summed E-state index contributed by atoms with van der Waals surface area (Å²) in [7, 11) is 0. The fourth-order valence-corrected chi connectivity index (χ4v) is 2.76. The Morgan fingerprint density at radius 1 is 1.37 bits per heavy atom. The largest absolute Gasteiger partial charge is 0.343 e. The maximum atomic E-state index is 10.9. The monoisotopic (exact) mass is 255 g/mol. The predicted octanol–water partition coefficient (Wildman–Crippen LogP) is 4.30. The van der Waals surface area contributed by atoms with E-state index in [1.54, 1.807) is 0 Å². The molecule has 0 spiro atoms. The Kier molecular flexibility index (Phi) is 4.56. The van der Waals surface area contributed by atoms with Crippen molar-refractivity contribution in [2.24, 2.45) is 0 Å². The molecule has 2 nitrogen and oxygen atoms in total. The lowest BCUT2D eigenvalue weighted by Crippen LogP contribution is -1.99. The number of aldehydes is 1. The Bertz CT molecular complexity index is 568. The molecule has 0 N–H and O–H groups in total. The molecule has 0 radical (unpaired) electrons. The molecule has 1 aromatic carbocycles. The number of para-hydroxylation sites is 1. The molecule has 2 heteroatoms. The van der Waals surface area contributed by atoms with Crippen molar-refractivity contribution >= 4 is 17.2 Å². The van der Waals surface area contributed by atoms with Gasteiger partial charge in [0.2, 0.25) is 0 Å². The van der Waals surface area contributed by atoms with Gasteiger partial charge in [-0.2, -0.15) is 0 Å². The number of carbonyl (C=O) groups excluding carboxylic acids is 1. The number of rotatable bonds is 7. The minimum atomic E-state index is 0.332. The molecule has 0 fully saturated rings. The van der Waals surface area contributed by atoms with Gasteiger partial charge in [-0.3, -0.25) is 0 Å². The molecule has 0 saturated carbocycles. The van der Waals surface area contributed by atoms with Crippen molar-refractivity contribution < 1.29 is 4.79 Å². The van der Waals surface area contributed by atoms with Crippen LogP contribution in [0.2, 0.25) is 0 Å². The molecule has 2 rings (SSSR count). The van der Waals surface area contributed by atoms with Gasteiger partial charge < -0.3 is 9.36 Å². The summed E-state index contributed by atoms with van der Waals surface area (Å²) in [5.41, 5.74) is 2.52. The minimum Gasteiger partial charge on any atom is -0.343 e. The molecule has 0 aliphatic rings. The number of benzene rings is 1. The molecule has 100 valence electrons. The van der Waals surface area contributed by atoms with Gasteiger partial charge in [0.15, 0.2) is 0 Å². The van der Waals surface area contributed by atoms with Crippen LogP contribution >= 0.6 is 0 Å². The van der Waals surface area contributed by atoms with E-state index in [2.05, 4.69) is 48.5 Å². The van der Waals surface area contributed by atoms with Gasteiger partial charge in [-0.05, 0) is 24.0 Å². The van der Waals surface area contributed by atoms with E-state index in [1.165, 1.54) is 16.5 Å². The van der Waals surface area contributed by atoms with Crippen molar-refractivity contribution in [1.29, 1.82) is 0 Å². The molecule has 0 saturated heterocycles. The number of nitrogens with zero attached hydrogens (tertiary/aromatic N) is 1. The molecule has 0 aliphatic heterocycles. The van der Waals surface area contributed by atoms with Crippen LogP contribution in [0.25, 0.3) is 10.9 Å². The van der Waals surface area contributed by atoms with Gasteiger partial charge in [0.1, 0.15) is 6.29 Å². The van der Waals surface area contributed by atoms with Crippen LogP contribution in [-0.2, 0) is 11.3 Å². The van der Waals surface area contributed by atoms with Crippen LogP contribution in [0.15, 0.2) is 43.1 Å². The lowest BCUT2D eigenvalue weighted by atomic mass is 9.92. The fourth-order valence-electron chi connectivity index (χ4n) is 2.76. The Morgan fingerprint density at radius 3 is 2.84 bits per heavy atom. The number of carbonyl (C=O) groups is 1. The third kappa shape index (κ3) is 2.78. The molecule has 0 unspecified atom stereocenters. The summed E-state index contributed by atoms with van der Waals surface area (Å²) in [5.74, 6) is 0.332. The van der Waals surface area contributed by atoms with Crippen molar-refractivity contribution in [1.82, 2.24) is 4.57 Å². The molecular formula is C17H21NO. The standard InChI is InChI=1S/C17H21NO/c1-3-7-14(10-12-19)16-13-18(11-4-2)17-9-6-5-8-15(16)17/h4-6,8-9,12-14H,2-3,7,10-11H2,1H3/t14-/m0/s1. The lowest BCUT2D eigenvalue weighted by Gasteiger charge is -2.12. The van der Waals surface area contributed by atoms with E-state index < -0.39 is 0 Å². The SMILES string of the molecule is C=CCn1cc([C@H](CC=O)CCC)c2ccccc21. The summed E-state index contributed by atoms with van der Waals surface area (Å²) in [5, 5.41) is 1.27. The molecule has 1 heterocycles. The zero-order valence-corrected chi connectivity index (χ0v) is 11.5. The first-order chi connectivity index (χ1) is 9.31. The van der Waals surface area contributed by atoms with Crippen molar-refractivity contribution in [2.45, 2.75) is 38.6 Å². The first-order valence-electron chi connectivity index (χ1n) is 6.94. The maximum Gasteiger partial charge on any atom is 0.120 e. The second-order valence-electron chi connectivity index (χ2n) is 4.93. The average molecular weight is 255 g/mol. The highest BCUT2D eigenvalue weighted by molar-refractivity contribution is 5.85. The first kappa shape index (κ1) is 13.6. The molecule has 0 aliphatic carbocycles. The summed E-state index contributed by atoms with van der Waals surface area (Å²) in [6.07, 6.45) is 7.90. The summed E-state index contributed by atoms with van der Waals surface area (Å²) in [6, 6.07) is 8.40. The highest BCUT2D eigenvalue weighted by atomic mass is 16.1. The Hall–Kier alpha value is -1.83. The van der Waals surface area contributed by atoms with Crippen LogP contribution in [-0.4, -0.2) is 10.9 Å². The van der Waals surface area contributed by atoms with Gasteiger partial charge in [0.25, 0.3) is 0 Å². The van der Waals surface area contributed by atoms with Gasteiger partial charge in [0, 0.05) is 30.1 Å². The lowest BCUT2D eigenvalue weighted by molar-refractivity contribution is -0.108. The van der Waals surface area contributed by atoms with E-state index in [4.69, 9.17) is 0 Å². The van der Waals surface area contributed by atoms with Crippen LogP contribution in [0.1, 0.15) is 37.7 Å². The van der Waals surface area contributed by atoms with Crippen LogP contribution in [0.5, 0.6) is 0 Å². The number of hydrogen-bond donors (Lipinski definition) is 0. The second kappa shape index (κ2) is 6.37. The van der Waals surface area contributed by atoms with E-state index in [-0.39, 0.29) is 0 Å². The van der Waals surface area contributed by atoms with E-state index in [0.717, 1.165) is 25.7 Å². The van der Waals surface area contributed by atoms with Crippen LogP contribution < -0.4 is 0 Å². The molecule has 1 aromatic heterocycles. The van der Waals surface area contributed by atoms with Gasteiger partial charge >= 0.3 is 0 Å². The smallest absolute Gasteiger partial charge is 0.120 e. The third-order valence-corrected chi connectivity index (χ3v) is 3.60. The number of allylic oxidation sites excluding steroid dienone is 1. The van der Waals surface area contributed by atoms with Gasteiger partial charge in [-0.15, -0.1) is 6.58 Å². The zero-order chi connectivity index (χ0) is 13.7. The molecule has 0 amide bonds. The second-order valence-corrected chi connectivity index (χ2v) is 4.93. The molecule has 1 atom stereocenters. The third-order valence-electron chi connectivity index (χ3n) is 3.60. The van der Waals surface area contributed by atoms with Crippen LogP contribution in [0.3, 0.4) is 0 Å². The van der Waals surface area contributed by atoms with E-state index in [0.29, 0.717) is 12.3 Å². The normalized spacial score (nSPS) is 12.5. The minimum absolute atomic E-state index is 0.332. The van der Waals surface area contributed by atoms with Crippen LogP contribution in [0.4, 0.5) is 0 Å². The highest BCUT2D eigenvalue weighted by Gasteiger charge is 2.16. The Morgan fingerprint density at radius 2 is 2.16 bits per heavy atom. The Balaban J connectivity index is 2.51. The summed E-state index contributed by atoms with van der Waals surface area (Å²) < 4.78 is 2.21. The number of aromatic nitrogens is 1. The zero-order valence-electron chi connectivity index (χ0n) is 11.5. The van der Waals surface area contributed by atoms with Crippen LogP contribution in [0, 0.1) is 0 Å². The maximum absolute atomic E-state index is 10.9. The van der Waals surface area contributed by atoms with Crippen molar-refractivity contribution in [3.8, 4) is 0 Å². The summed E-state index contributed by atoms with van der Waals surface area (Å²) >= 11 is 0. The van der Waals surface area contributed by atoms with Crippen molar-refractivity contribution in [3.05, 3.63) is 48.7 Å². The topological polar surface area (TPSA) is 22.0 Å². The Labute approximate surface area is 114 Å². The molecule has 2 aromatic rings. The summed E-state index contributed by atoms with van der Waals surface area (Å²) in [4.78, 5) is 10.9. The van der Waals surface area contributed by atoms with Gasteiger partial charge in [-0.25, -0.2) is 0 Å². The predicted molar refractivity (Wildman–Crippen MR) is 80.5 cm³/mol. The number of hydrogen-bond acceptors (Lipinski definition) is 1. The van der Waals surface area contributed by atoms with Gasteiger partial charge in [0.05, 0.1) is 0 Å². The van der Waals surface area contributed by atoms with E-state index in [1.807, 2.05) is 6.08 Å². The van der Waals surface area contributed by atoms with Gasteiger partial charge in [-0.1, -0.05) is 37.6 Å². The first-order valence-corrected chi connectivity index (χ1v) is 6.94. The average Bonchev–Trinajstić information content (AvgIpc) is 2.78. The number of fused-ring (bicyclic) bond motifs is 1. The van der Waals surface area contributed by atoms with E-state index >= 15 is 0 Å². The quantitative estimate of drug-likeness (QED) is 0.534. The molecule has 0 bridgehead atoms. The molecule has 19 heavy (non-hydrogen) atoms. The van der Waals surface area contributed by atoms with Crippen molar-refractivity contribution in [2.75, 3.05) is 0 Å². The van der Waals surface area contributed by atoms with E-state index in [9.17, 15) is 4.79 Å². The van der Waals surface area contributed by atoms with Crippen molar-refractivity contribution in [3.63, 3.8) is 0 Å².